The first-order valence-corrected chi connectivity index (χ1v) is 19.6. The highest BCUT2D eigenvalue weighted by Gasteiger charge is 2.51. The molecule has 2 bridgehead atoms. The summed E-state index contributed by atoms with van der Waals surface area (Å²) in [7, 11) is -2.21. The van der Waals surface area contributed by atoms with Gasteiger partial charge in [-0.15, -0.1) is 0 Å². The number of methoxy groups -OCH3 is 1. The smallest absolute Gasteiger partial charge is 0.264 e. The number of benzene rings is 2. The molecule has 0 aromatic heterocycles. The number of nitrogens with zero attached hydrogens (tertiary/aromatic N) is 1. The SMILES string of the molecule is CO[C@@]1(C[C@H](O)C2CC2)/C=C/C[C@H](C)[C@@H](C)S(=O)(=O)NC(=O)c2ccc3c(c2)N(C[C@@H]2CC[C@H]21)C[C@@]1(CCCc2cc(Cl)ccc21)CO3. The molecule has 8 nitrogen and oxygen atoms in total. The second-order valence-electron chi connectivity index (χ2n) is 15.3. The highest BCUT2D eigenvalue weighted by molar-refractivity contribution is 7.90. The summed E-state index contributed by atoms with van der Waals surface area (Å²) in [5.41, 5.74) is 2.65. The van der Waals surface area contributed by atoms with Gasteiger partial charge in [0.2, 0.25) is 10.0 Å². The third-order valence-corrected chi connectivity index (χ3v) is 14.5. The fourth-order valence-corrected chi connectivity index (χ4v) is 10.3. The van der Waals surface area contributed by atoms with Gasteiger partial charge in [-0.25, -0.2) is 13.1 Å². The minimum Gasteiger partial charge on any atom is -0.490 e. The van der Waals surface area contributed by atoms with Gasteiger partial charge in [0.1, 0.15) is 5.75 Å². The zero-order valence-electron chi connectivity index (χ0n) is 28.3. The average Bonchev–Trinajstić information content (AvgIpc) is 3.91. The van der Waals surface area contributed by atoms with Crippen molar-refractivity contribution in [1.82, 2.24) is 4.72 Å². The number of rotatable bonds is 4. The molecule has 7 atom stereocenters. The maximum atomic E-state index is 13.5. The van der Waals surface area contributed by atoms with E-state index in [0.29, 0.717) is 37.7 Å². The zero-order chi connectivity index (χ0) is 33.8. The van der Waals surface area contributed by atoms with E-state index in [-0.39, 0.29) is 28.7 Å². The second-order valence-corrected chi connectivity index (χ2v) is 17.8. The Labute approximate surface area is 290 Å². The molecular weight excluding hydrogens is 648 g/mol. The molecule has 0 unspecified atom stereocenters. The van der Waals surface area contributed by atoms with Gasteiger partial charge in [-0.3, -0.25) is 4.79 Å². The van der Waals surface area contributed by atoms with Crippen LogP contribution in [0.15, 0.2) is 48.6 Å². The molecule has 0 radical (unpaired) electrons. The van der Waals surface area contributed by atoms with Crippen molar-refractivity contribution >= 4 is 33.2 Å². The number of aliphatic hydroxyl groups is 1. The molecule has 260 valence electrons. The molecule has 2 heterocycles. The number of anilines is 1. The van der Waals surface area contributed by atoms with Gasteiger partial charge in [-0.05, 0) is 123 Å². The molecular formula is C38H49ClN2O6S. The van der Waals surface area contributed by atoms with E-state index in [1.165, 1.54) is 11.1 Å². The van der Waals surface area contributed by atoms with E-state index in [1.807, 2.05) is 25.1 Å². The van der Waals surface area contributed by atoms with Crippen LogP contribution in [0.25, 0.3) is 0 Å². The number of aliphatic hydroxyl groups excluding tert-OH is 1. The Morgan fingerprint density at radius 1 is 1.15 bits per heavy atom. The molecule has 2 aromatic carbocycles. The number of hydrogen-bond donors (Lipinski definition) is 2. The predicted molar refractivity (Wildman–Crippen MR) is 188 cm³/mol. The molecule has 2 fully saturated rings. The van der Waals surface area contributed by atoms with Crippen LogP contribution in [-0.4, -0.2) is 63.2 Å². The molecule has 2 aliphatic heterocycles. The second kappa shape index (κ2) is 12.9. The molecule has 1 spiro atoms. The summed E-state index contributed by atoms with van der Waals surface area (Å²) >= 11 is 6.46. The third kappa shape index (κ3) is 6.29. The fourth-order valence-electron chi connectivity index (χ4n) is 8.85. The summed E-state index contributed by atoms with van der Waals surface area (Å²) in [4.78, 5) is 15.9. The molecule has 5 aliphatic rings. The van der Waals surface area contributed by atoms with E-state index in [9.17, 15) is 18.3 Å². The number of halogens is 1. The number of hydrogen-bond acceptors (Lipinski definition) is 7. The summed E-state index contributed by atoms with van der Waals surface area (Å²) in [5, 5.41) is 11.2. The molecule has 1 amide bonds. The predicted octanol–water partition coefficient (Wildman–Crippen LogP) is 6.43. The van der Waals surface area contributed by atoms with Crippen molar-refractivity contribution in [3.05, 3.63) is 70.3 Å². The van der Waals surface area contributed by atoms with Gasteiger partial charge in [0.15, 0.2) is 0 Å². The number of carbonyl (C=O) groups is 1. The van der Waals surface area contributed by atoms with Gasteiger partial charge < -0.3 is 19.5 Å². The monoisotopic (exact) mass is 696 g/mol. The van der Waals surface area contributed by atoms with Crippen LogP contribution in [0.5, 0.6) is 5.75 Å². The number of ether oxygens (including phenoxy) is 2. The number of sulfonamides is 1. The molecule has 3 aliphatic carbocycles. The Balaban J connectivity index is 1.32. The molecule has 2 N–H and O–H groups in total. The number of aryl methyl sites for hydroxylation is 1. The highest BCUT2D eigenvalue weighted by atomic mass is 35.5. The van der Waals surface area contributed by atoms with Crippen LogP contribution in [0.2, 0.25) is 5.02 Å². The van der Waals surface area contributed by atoms with Gasteiger partial charge >= 0.3 is 0 Å². The molecule has 48 heavy (non-hydrogen) atoms. The lowest BCUT2D eigenvalue weighted by molar-refractivity contribution is -0.100. The first-order chi connectivity index (χ1) is 22.9. The summed E-state index contributed by atoms with van der Waals surface area (Å²) in [6.45, 7) is 5.46. The first kappa shape index (κ1) is 33.9. The quantitative estimate of drug-likeness (QED) is 0.355. The Hall–Kier alpha value is -2.59. The number of carbonyl (C=O) groups excluding carboxylic acids is 1. The van der Waals surface area contributed by atoms with Crippen molar-refractivity contribution in [3.8, 4) is 5.75 Å². The van der Waals surface area contributed by atoms with Crippen LogP contribution in [0, 0.1) is 23.7 Å². The lowest BCUT2D eigenvalue weighted by Crippen LogP contribution is -2.54. The van der Waals surface area contributed by atoms with Gasteiger partial charge in [-0.2, -0.15) is 0 Å². The van der Waals surface area contributed by atoms with Crippen LogP contribution < -0.4 is 14.4 Å². The summed E-state index contributed by atoms with van der Waals surface area (Å²) in [6, 6.07) is 11.5. The van der Waals surface area contributed by atoms with E-state index < -0.39 is 32.9 Å². The summed E-state index contributed by atoms with van der Waals surface area (Å²) < 4.78 is 42.4. The van der Waals surface area contributed by atoms with Gasteiger partial charge in [0, 0.05) is 42.6 Å². The molecule has 2 saturated carbocycles. The number of allylic oxidation sites excluding steroid dienone is 1. The Bertz CT molecular complexity index is 1690. The van der Waals surface area contributed by atoms with Crippen molar-refractivity contribution in [2.75, 3.05) is 31.7 Å². The standard InChI is InChI=1S/C38H49ClN2O6S/c1-24-6-4-17-38(46-3,20-34(42)26-8-9-26)32-13-10-29(32)21-41-22-37(16-5-7-27-18-30(39)12-14-31(27)37)23-47-35-15-11-28(19-33(35)41)36(43)40-48(44,45)25(24)2/h4,11-12,14-15,17-19,24-26,29,32,34,42H,5-10,13,16,20-23H2,1-3H3,(H,40,43)/b17-4+/t24-,25+,29-,32+,34-,37-,38+/m0/s1. The van der Waals surface area contributed by atoms with E-state index in [0.717, 1.165) is 62.2 Å². The van der Waals surface area contributed by atoms with Crippen LogP contribution in [0.3, 0.4) is 0 Å². The van der Waals surface area contributed by atoms with E-state index in [2.05, 4.69) is 27.8 Å². The van der Waals surface area contributed by atoms with Crippen molar-refractivity contribution in [1.29, 1.82) is 0 Å². The average molecular weight is 697 g/mol. The van der Waals surface area contributed by atoms with E-state index in [4.69, 9.17) is 21.1 Å². The highest BCUT2D eigenvalue weighted by Crippen LogP contribution is 2.51. The lowest BCUT2D eigenvalue weighted by Gasteiger charge is -2.51. The summed E-state index contributed by atoms with van der Waals surface area (Å²) in [5.74, 6) is 0.562. The van der Waals surface area contributed by atoms with Gasteiger partial charge in [-0.1, -0.05) is 36.7 Å². The Morgan fingerprint density at radius 2 is 1.96 bits per heavy atom. The first-order valence-electron chi connectivity index (χ1n) is 17.7. The Kier molecular flexibility index (Phi) is 9.14. The molecule has 7 rings (SSSR count). The molecule has 0 saturated heterocycles. The van der Waals surface area contributed by atoms with E-state index in [1.54, 1.807) is 26.2 Å². The van der Waals surface area contributed by atoms with Crippen LogP contribution in [-0.2, 0) is 26.6 Å². The van der Waals surface area contributed by atoms with Crippen LogP contribution in [0.1, 0.15) is 86.7 Å². The van der Waals surface area contributed by atoms with E-state index >= 15 is 0 Å². The van der Waals surface area contributed by atoms with Crippen LogP contribution in [0.4, 0.5) is 5.69 Å². The van der Waals surface area contributed by atoms with Crippen molar-refractivity contribution in [2.24, 2.45) is 23.7 Å². The maximum absolute atomic E-state index is 13.5. The van der Waals surface area contributed by atoms with Gasteiger partial charge in [0.25, 0.3) is 5.91 Å². The van der Waals surface area contributed by atoms with Crippen LogP contribution >= 0.6 is 11.6 Å². The number of fused-ring (bicyclic) bond motifs is 4. The zero-order valence-corrected chi connectivity index (χ0v) is 29.9. The largest absolute Gasteiger partial charge is 0.490 e. The maximum Gasteiger partial charge on any atom is 0.264 e. The summed E-state index contributed by atoms with van der Waals surface area (Å²) in [6.07, 6.45) is 11.8. The Morgan fingerprint density at radius 3 is 2.69 bits per heavy atom. The number of nitrogens with one attached hydrogen (secondary N) is 1. The van der Waals surface area contributed by atoms with Gasteiger partial charge in [0.05, 0.1) is 29.2 Å². The third-order valence-electron chi connectivity index (χ3n) is 12.3. The van der Waals surface area contributed by atoms with Crippen molar-refractivity contribution in [3.63, 3.8) is 0 Å². The van der Waals surface area contributed by atoms with Crippen molar-refractivity contribution in [2.45, 2.75) is 94.0 Å². The fraction of sp³-hybridized carbons (Fsp3) is 0.605. The minimum absolute atomic E-state index is 0.170. The topological polar surface area (TPSA) is 105 Å². The van der Waals surface area contributed by atoms with Crippen molar-refractivity contribution < 1.29 is 27.8 Å². The molecule has 2 aromatic rings. The number of amides is 1. The lowest BCUT2D eigenvalue weighted by atomic mass is 9.62. The minimum atomic E-state index is -3.96. The normalized spacial score (nSPS) is 34.4. The molecule has 10 heteroatoms.